The normalized spacial score (nSPS) is 11.1. The van der Waals surface area contributed by atoms with Crippen LogP contribution in [0.15, 0.2) is 35.2 Å². The molecule has 1 aromatic heterocycles. The Balaban J connectivity index is 0.00000225. The fourth-order valence-corrected chi connectivity index (χ4v) is 2.78. The van der Waals surface area contributed by atoms with Crippen molar-refractivity contribution in [3.05, 3.63) is 35.6 Å². The van der Waals surface area contributed by atoms with E-state index in [9.17, 15) is 13.5 Å². The van der Waals surface area contributed by atoms with Gasteiger partial charge in [-0.25, -0.2) is 0 Å². The SMILES string of the molecule is Nc1nc(Cl)nc(Nc2ccc3c([O-])cc(S(=O)(=O)O)cc3c2)n1.[Na+]. The number of hydrogen-bond acceptors (Lipinski definition) is 8. The largest absolute Gasteiger partial charge is 1.00 e. The molecule has 3 rings (SSSR count). The zero-order valence-corrected chi connectivity index (χ0v) is 16.3. The molecular weight excluding hydrogens is 381 g/mol. The second-order valence-corrected chi connectivity index (χ2v) is 6.50. The quantitative estimate of drug-likeness (QED) is 0.352. The monoisotopic (exact) mass is 389 g/mol. The molecule has 9 nitrogen and oxygen atoms in total. The molecule has 0 spiro atoms. The summed E-state index contributed by atoms with van der Waals surface area (Å²) in [4.78, 5) is 10.8. The summed E-state index contributed by atoms with van der Waals surface area (Å²) in [6.07, 6.45) is 0. The molecule has 1 heterocycles. The molecule has 0 unspecified atom stereocenters. The summed E-state index contributed by atoms with van der Waals surface area (Å²) in [5.41, 5.74) is 5.92. The average Bonchev–Trinajstić information content (AvgIpc) is 2.44. The number of hydrogen-bond donors (Lipinski definition) is 3. The molecule has 0 amide bonds. The van der Waals surface area contributed by atoms with E-state index in [-0.39, 0.29) is 46.7 Å². The Labute approximate surface area is 169 Å². The molecule has 25 heavy (non-hydrogen) atoms. The number of nitrogen functional groups attached to an aromatic ring is 1. The van der Waals surface area contributed by atoms with Gasteiger partial charge in [0.15, 0.2) is 0 Å². The molecule has 2 aromatic carbocycles. The van der Waals surface area contributed by atoms with Gasteiger partial charge in [0, 0.05) is 5.69 Å². The van der Waals surface area contributed by atoms with E-state index in [1.54, 1.807) is 6.07 Å². The van der Waals surface area contributed by atoms with Crippen molar-refractivity contribution in [1.82, 2.24) is 15.0 Å². The van der Waals surface area contributed by atoms with E-state index in [2.05, 4.69) is 20.3 Å². The maximum atomic E-state index is 11.9. The molecule has 3 aromatic rings. The third-order valence-electron chi connectivity index (χ3n) is 3.07. The van der Waals surface area contributed by atoms with Crippen LogP contribution in [-0.4, -0.2) is 27.9 Å². The molecule has 0 aliphatic rings. The van der Waals surface area contributed by atoms with Crippen LogP contribution in [0.4, 0.5) is 17.6 Å². The topological polar surface area (TPSA) is 154 Å². The zero-order chi connectivity index (χ0) is 17.5. The number of rotatable bonds is 3. The minimum absolute atomic E-state index is 0. The number of benzene rings is 2. The summed E-state index contributed by atoms with van der Waals surface area (Å²) < 4.78 is 31.6. The van der Waals surface area contributed by atoms with Gasteiger partial charge in [-0.2, -0.15) is 23.4 Å². The summed E-state index contributed by atoms with van der Waals surface area (Å²) in [5, 5.41) is 15.3. The van der Waals surface area contributed by atoms with E-state index in [4.69, 9.17) is 21.9 Å². The summed E-state index contributed by atoms with van der Waals surface area (Å²) in [6.45, 7) is 0. The van der Waals surface area contributed by atoms with Crippen LogP contribution in [-0.2, 0) is 10.1 Å². The second-order valence-electron chi connectivity index (χ2n) is 4.74. The van der Waals surface area contributed by atoms with Crippen molar-refractivity contribution in [2.45, 2.75) is 4.90 Å². The Bertz CT molecular complexity index is 1040. The first-order valence-electron chi connectivity index (χ1n) is 6.39. The minimum Gasteiger partial charge on any atom is -0.872 e. The Morgan fingerprint density at radius 1 is 1.16 bits per heavy atom. The Kier molecular flexibility index (Phi) is 5.72. The molecule has 124 valence electrons. The standard InChI is InChI=1S/C13H10ClN5O4S.Na/c14-11-17-12(15)19-13(18-11)16-7-1-2-9-6(3-7)4-8(5-10(9)20)24(21,22)23;/h1-5,20H,(H,21,22,23)(H3,15,16,17,18,19);/q;+1/p-1. The van der Waals surface area contributed by atoms with Crippen molar-refractivity contribution in [3.8, 4) is 5.75 Å². The first kappa shape index (κ1) is 19.6. The van der Waals surface area contributed by atoms with E-state index in [1.165, 1.54) is 18.2 Å². The zero-order valence-electron chi connectivity index (χ0n) is 12.8. The summed E-state index contributed by atoms with van der Waals surface area (Å²) in [6, 6.07) is 6.62. The third-order valence-corrected chi connectivity index (χ3v) is 4.07. The first-order chi connectivity index (χ1) is 11.2. The number of halogens is 1. The van der Waals surface area contributed by atoms with Crippen molar-refractivity contribution in [3.63, 3.8) is 0 Å². The van der Waals surface area contributed by atoms with Crippen molar-refractivity contribution in [2.24, 2.45) is 0 Å². The van der Waals surface area contributed by atoms with Gasteiger partial charge in [0.1, 0.15) is 0 Å². The second kappa shape index (κ2) is 7.28. The number of nitrogens with zero attached hydrogens (tertiary/aromatic N) is 3. The van der Waals surface area contributed by atoms with Gasteiger partial charge in [0.05, 0.1) is 4.90 Å². The third kappa shape index (κ3) is 4.48. The molecule has 4 N–H and O–H groups in total. The van der Waals surface area contributed by atoms with E-state index in [1.807, 2.05) is 0 Å². The summed E-state index contributed by atoms with van der Waals surface area (Å²) in [5.74, 6) is -0.520. The van der Waals surface area contributed by atoms with Crippen LogP contribution in [0.25, 0.3) is 10.8 Å². The maximum Gasteiger partial charge on any atom is 1.00 e. The fourth-order valence-electron chi connectivity index (χ4n) is 2.09. The van der Waals surface area contributed by atoms with Gasteiger partial charge in [0.25, 0.3) is 10.1 Å². The first-order valence-corrected chi connectivity index (χ1v) is 8.20. The van der Waals surface area contributed by atoms with Crippen molar-refractivity contribution in [1.29, 1.82) is 0 Å². The van der Waals surface area contributed by atoms with Crippen LogP contribution in [0, 0.1) is 0 Å². The Morgan fingerprint density at radius 3 is 2.52 bits per heavy atom. The van der Waals surface area contributed by atoms with Gasteiger partial charge in [-0.05, 0) is 46.6 Å². The number of nitrogens with two attached hydrogens (primary N) is 1. The van der Waals surface area contributed by atoms with Crippen LogP contribution < -0.4 is 45.7 Å². The number of aromatic nitrogens is 3. The van der Waals surface area contributed by atoms with Gasteiger partial charge in [-0.1, -0.05) is 11.8 Å². The average molecular weight is 390 g/mol. The van der Waals surface area contributed by atoms with Crippen LogP contribution in [0.3, 0.4) is 0 Å². The summed E-state index contributed by atoms with van der Waals surface area (Å²) in [7, 11) is -4.49. The molecule has 0 atom stereocenters. The maximum absolute atomic E-state index is 11.9. The van der Waals surface area contributed by atoms with E-state index in [0.717, 1.165) is 6.07 Å². The molecule has 0 saturated carbocycles. The molecule has 0 bridgehead atoms. The predicted molar refractivity (Wildman–Crippen MR) is 85.7 cm³/mol. The van der Waals surface area contributed by atoms with Gasteiger partial charge in [0.2, 0.25) is 17.2 Å². The number of anilines is 3. The van der Waals surface area contributed by atoms with Crippen LogP contribution in [0.2, 0.25) is 5.28 Å². The van der Waals surface area contributed by atoms with Crippen molar-refractivity contribution in [2.75, 3.05) is 11.1 Å². The van der Waals surface area contributed by atoms with E-state index in [0.29, 0.717) is 16.5 Å². The molecular formula is C13H9ClN5NaO4S. The smallest absolute Gasteiger partial charge is 0.872 e. The Morgan fingerprint density at radius 2 is 1.88 bits per heavy atom. The number of nitrogens with one attached hydrogen (secondary N) is 1. The van der Waals surface area contributed by atoms with Gasteiger partial charge in [-0.15, -0.1) is 0 Å². The molecule has 0 saturated heterocycles. The molecule has 0 fully saturated rings. The summed E-state index contributed by atoms with van der Waals surface area (Å²) >= 11 is 5.69. The molecule has 12 heteroatoms. The van der Waals surface area contributed by atoms with Crippen LogP contribution in [0.5, 0.6) is 5.75 Å². The Hall–Kier alpha value is -1.69. The molecule has 0 aliphatic carbocycles. The van der Waals surface area contributed by atoms with Crippen LogP contribution >= 0.6 is 11.6 Å². The van der Waals surface area contributed by atoms with E-state index < -0.39 is 20.8 Å². The molecule has 0 radical (unpaired) electrons. The van der Waals surface area contributed by atoms with Gasteiger partial charge >= 0.3 is 29.6 Å². The minimum atomic E-state index is -4.49. The predicted octanol–water partition coefficient (Wildman–Crippen LogP) is -1.67. The fraction of sp³-hybridized carbons (Fsp3) is 0. The van der Waals surface area contributed by atoms with Gasteiger partial charge in [-0.3, -0.25) is 4.55 Å². The number of fused-ring (bicyclic) bond motifs is 1. The molecule has 0 aliphatic heterocycles. The van der Waals surface area contributed by atoms with Crippen molar-refractivity contribution < 1.29 is 47.6 Å². The van der Waals surface area contributed by atoms with Crippen molar-refractivity contribution >= 4 is 50.1 Å². The van der Waals surface area contributed by atoms with E-state index >= 15 is 0 Å². The van der Waals surface area contributed by atoms with Crippen LogP contribution in [0.1, 0.15) is 0 Å². The van der Waals surface area contributed by atoms with Gasteiger partial charge < -0.3 is 16.2 Å².